The van der Waals surface area contributed by atoms with Gasteiger partial charge in [-0.2, -0.15) is 0 Å². The van der Waals surface area contributed by atoms with Crippen molar-refractivity contribution in [1.82, 2.24) is 11.6 Å². The van der Waals surface area contributed by atoms with E-state index in [1.807, 2.05) is 20.8 Å². The van der Waals surface area contributed by atoms with Gasteiger partial charge in [-0.1, -0.05) is 0 Å². The third kappa shape index (κ3) is 10.7. The predicted molar refractivity (Wildman–Crippen MR) is 29.7 cm³/mol. The molecule has 0 rings (SSSR count). The summed E-state index contributed by atoms with van der Waals surface area (Å²) in [6.45, 7) is 5.65. The topological polar surface area (TPSA) is 67.3 Å². The van der Waals surface area contributed by atoms with Crippen LogP contribution in [0.1, 0.15) is 20.8 Å². The third-order valence-electron chi connectivity index (χ3n) is 0.335. The SMILES string of the molecule is CC(C)(C)NO.N. The van der Waals surface area contributed by atoms with Crippen LogP contribution in [0.4, 0.5) is 0 Å². The standard InChI is InChI=1S/C4H11NO.H3N/c1-4(2,3)5-6;/h5-6H,1-3H3;1H3. The Balaban J connectivity index is 0. The maximum Gasteiger partial charge on any atom is 0.0345 e. The molecule has 3 nitrogen and oxygen atoms in total. The van der Waals surface area contributed by atoms with Crippen molar-refractivity contribution in [3.05, 3.63) is 0 Å². The Morgan fingerprint density at radius 3 is 1.43 bits per heavy atom. The molecule has 0 heterocycles. The number of hydrogen-bond acceptors (Lipinski definition) is 3. The lowest BCUT2D eigenvalue weighted by Crippen LogP contribution is -2.32. The summed E-state index contributed by atoms with van der Waals surface area (Å²) in [7, 11) is 0. The molecule has 0 fully saturated rings. The van der Waals surface area contributed by atoms with Gasteiger partial charge in [0.25, 0.3) is 0 Å². The molecule has 0 saturated carbocycles. The number of rotatable bonds is 0. The van der Waals surface area contributed by atoms with Crippen LogP contribution in [-0.4, -0.2) is 10.7 Å². The van der Waals surface area contributed by atoms with Crippen LogP contribution in [-0.2, 0) is 0 Å². The summed E-state index contributed by atoms with van der Waals surface area (Å²) in [5, 5.41) is 8.15. The van der Waals surface area contributed by atoms with E-state index in [1.165, 1.54) is 0 Å². The van der Waals surface area contributed by atoms with Crippen molar-refractivity contribution in [2.24, 2.45) is 0 Å². The second-order valence-corrected chi connectivity index (χ2v) is 2.36. The Morgan fingerprint density at radius 1 is 1.29 bits per heavy atom. The molecule has 7 heavy (non-hydrogen) atoms. The van der Waals surface area contributed by atoms with Crippen LogP contribution in [0.3, 0.4) is 0 Å². The smallest absolute Gasteiger partial charge is 0.0345 e. The molecular formula is C4H14N2O. The predicted octanol–water partition coefficient (Wildman–Crippen LogP) is 0.926. The summed E-state index contributed by atoms with van der Waals surface area (Å²) >= 11 is 0. The molecular weight excluding hydrogens is 92.1 g/mol. The van der Waals surface area contributed by atoms with Gasteiger partial charge in [0.05, 0.1) is 0 Å². The van der Waals surface area contributed by atoms with Crippen LogP contribution in [0.2, 0.25) is 0 Å². The van der Waals surface area contributed by atoms with Crippen LogP contribution >= 0.6 is 0 Å². The maximum atomic E-state index is 8.15. The molecule has 3 heteroatoms. The van der Waals surface area contributed by atoms with E-state index in [0.717, 1.165) is 0 Å². The molecule has 0 aromatic heterocycles. The first-order chi connectivity index (χ1) is 2.56. The van der Waals surface area contributed by atoms with Gasteiger partial charge < -0.3 is 11.4 Å². The van der Waals surface area contributed by atoms with E-state index in [4.69, 9.17) is 5.21 Å². The van der Waals surface area contributed by atoms with Crippen molar-refractivity contribution in [2.75, 3.05) is 0 Å². The summed E-state index contributed by atoms with van der Waals surface area (Å²) < 4.78 is 0. The fourth-order valence-electron chi connectivity index (χ4n) is 0. The number of hydrogen-bond donors (Lipinski definition) is 3. The highest BCUT2D eigenvalue weighted by atomic mass is 16.5. The Hall–Kier alpha value is -0.120. The van der Waals surface area contributed by atoms with E-state index < -0.39 is 0 Å². The fraction of sp³-hybridized carbons (Fsp3) is 1.00. The molecule has 46 valence electrons. The molecule has 0 spiro atoms. The molecule has 0 aromatic rings. The molecule has 0 unspecified atom stereocenters. The zero-order chi connectivity index (χ0) is 5.21. The van der Waals surface area contributed by atoms with Crippen molar-refractivity contribution in [3.63, 3.8) is 0 Å². The Kier molecular flexibility index (Phi) is 4.22. The highest BCUT2D eigenvalue weighted by Gasteiger charge is 2.03. The summed E-state index contributed by atoms with van der Waals surface area (Å²) in [5.41, 5.74) is 1.95. The minimum atomic E-state index is -0.153. The minimum Gasteiger partial charge on any atom is -0.344 e. The van der Waals surface area contributed by atoms with E-state index in [0.29, 0.717) is 0 Å². The summed E-state index contributed by atoms with van der Waals surface area (Å²) in [5.74, 6) is 0. The van der Waals surface area contributed by atoms with Crippen LogP contribution < -0.4 is 11.6 Å². The highest BCUT2D eigenvalue weighted by Crippen LogP contribution is 1.93. The molecule has 5 N–H and O–H groups in total. The lowest BCUT2D eigenvalue weighted by molar-refractivity contribution is 0.0918. The van der Waals surface area contributed by atoms with Crippen LogP contribution in [0.5, 0.6) is 0 Å². The molecule has 0 aliphatic carbocycles. The van der Waals surface area contributed by atoms with Gasteiger partial charge >= 0.3 is 0 Å². The monoisotopic (exact) mass is 106 g/mol. The first-order valence-electron chi connectivity index (χ1n) is 1.97. The van der Waals surface area contributed by atoms with Crippen molar-refractivity contribution in [2.45, 2.75) is 26.3 Å². The van der Waals surface area contributed by atoms with Crippen molar-refractivity contribution >= 4 is 0 Å². The lowest BCUT2D eigenvalue weighted by atomic mass is 10.1. The second-order valence-electron chi connectivity index (χ2n) is 2.36. The maximum absolute atomic E-state index is 8.15. The van der Waals surface area contributed by atoms with Gasteiger partial charge in [0.15, 0.2) is 0 Å². The molecule has 0 saturated heterocycles. The van der Waals surface area contributed by atoms with Gasteiger partial charge in [-0.25, -0.2) is 5.48 Å². The number of nitrogens with one attached hydrogen (secondary N) is 1. The Morgan fingerprint density at radius 2 is 1.43 bits per heavy atom. The minimum absolute atomic E-state index is 0. The first-order valence-corrected chi connectivity index (χ1v) is 1.97. The average Bonchev–Trinajstić information content (AvgIpc) is 1.35. The molecule has 0 radical (unpaired) electrons. The molecule has 0 amide bonds. The van der Waals surface area contributed by atoms with Gasteiger partial charge in [-0.05, 0) is 20.8 Å². The first kappa shape index (κ1) is 9.99. The van der Waals surface area contributed by atoms with Crippen molar-refractivity contribution < 1.29 is 5.21 Å². The Labute approximate surface area is 44.3 Å². The molecule has 0 bridgehead atoms. The lowest BCUT2D eigenvalue weighted by Gasteiger charge is -2.13. The van der Waals surface area contributed by atoms with E-state index in [1.54, 1.807) is 0 Å². The zero-order valence-electron chi connectivity index (χ0n) is 5.15. The van der Waals surface area contributed by atoms with Crippen LogP contribution in [0.25, 0.3) is 0 Å². The van der Waals surface area contributed by atoms with Gasteiger partial charge in [0.2, 0.25) is 0 Å². The molecule has 0 aliphatic rings. The van der Waals surface area contributed by atoms with Gasteiger partial charge in [0, 0.05) is 5.54 Å². The molecule has 0 aromatic carbocycles. The third-order valence-corrected chi connectivity index (χ3v) is 0.335. The van der Waals surface area contributed by atoms with Gasteiger partial charge in [-0.3, -0.25) is 0 Å². The summed E-state index contributed by atoms with van der Waals surface area (Å²) in [6, 6.07) is 0. The summed E-state index contributed by atoms with van der Waals surface area (Å²) in [4.78, 5) is 0. The highest BCUT2D eigenvalue weighted by molar-refractivity contribution is 4.61. The largest absolute Gasteiger partial charge is 0.344 e. The molecule has 0 aliphatic heterocycles. The quantitative estimate of drug-likeness (QED) is 0.402. The number of hydroxylamine groups is 1. The van der Waals surface area contributed by atoms with Crippen molar-refractivity contribution in [1.29, 1.82) is 0 Å². The zero-order valence-corrected chi connectivity index (χ0v) is 5.15. The average molecular weight is 106 g/mol. The van der Waals surface area contributed by atoms with Crippen LogP contribution in [0, 0.1) is 0 Å². The second kappa shape index (κ2) is 2.96. The summed E-state index contributed by atoms with van der Waals surface area (Å²) in [6.07, 6.45) is 0. The van der Waals surface area contributed by atoms with Crippen LogP contribution in [0.15, 0.2) is 0 Å². The Bertz CT molecular complexity index is 39.4. The fourth-order valence-corrected chi connectivity index (χ4v) is 0. The van der Waals surface area contributed by atoms with E-state index in [-0.39, 0.29) is 11.7 Å². The van der Waals surface area contributed by atoms with Gasteiger partial charge in [-0.15, -0.1) is 0 Å². The van der Waals surface area contributed by atoms with Crippen molar-refractivity contribution in [3.8, 4) is 0 Å². The normalized spacial score (nSPS) is 10.3. The van der Waals surface area contributed by atoms with E-state index >= 15 is 0 Å². The van der Waals surface area contributed by atoms with E-state index in [2.05, 4.69) is 5.48 Å². The van der Waals surface area contributed by atoms with E-state index in [9.17, 15) is 0 Å². The molecule has 0 atom stereocenters. The van der Waals surface area contributed by atoms with Gasteiger partial charge in [0.1, 0.15) is 0 Å².